The van der Waals surface area contributed by atoms with Crippen molar-refractivity contribution in [3.63, 3.8) is 0 Å². The van der Waals surface area contributed by atoms with Crippen molar-refractivity contribution < 1.29 is 14.4 Å². The van der Waals surface area contributed by atoms with Gasteiger partial charge in [0.25, 0.3) is 10.5 Å². The summed E-state index contributed by atoms with van der Waals surface area (Å²) in [5.74, 6) is 0. The quantitative estimate of drug-likeness (QED) is 0.618. The van der Waals surface area contributed by atoms with Gasteiger partial charge in [0.05, 0.1) is 0 Å². The Bertz CT molecular complexity index is 378. The first-order chi connectivity index (χ1) is 6.91. The van der Waals surface area contributed by atoms with Crippen molar-refractivity contribution in [2.24, 2.45) is 0 Å². The van der Waals surface area contributed by atoms with Crippen molar-refractivity contribution in [2.75, 3.05) is 0 Å². The molecular formula is C9H3Cl2IO3. The van der Waals surface area contributed by atoms with Crippen LogP contribution in [0.3, 0.4) is 0 Å². The second-order valence-electron chi connectivity index (χ2n) is 2.62. The third-order valence-corrected chi connectivity index (χ3v) is 2.67. The van der Waals surface area contributed by atoms with Crippen LogP contribution in [-0.2, 0) is 0 Å². The molecule has 0 atom stereocenters. The molecule has 1 aromatic carbocycles. The molecule has 3 nitrogen and oxygen atoms in total. The molecule has 0 saturated carbocycles. The lowest BCUT2D eigenvalue weighted by Crippen LogP contribution is -2.00. The molecular weight excluding hydrogens is 354 g/mol. The van der Waals surface area contributed by atoms with E-state index in [1.807, 2.05) is 0 Å². The molecule has 0 heterocycles. The Morgan fingerprint density at radius 1 is 0.867 bits per heavy atom. The summed E-state index contributed by atoms with van der Waals surface area (Å²) in [7, 11) is 0. The number of carbonyl (C=O) groups excluding carboxylic acids is 3. The molecule has 0 unspecified atom stereocenters. The summed E-state index contributed by atoms with van der Waals surface area (Å²) in [6.45, 7) is 0. The van der Waals surface area contributed by atoms with Crippen LogP contribution < -0.4 is 0 Å². The molecule has 6 heteroatoms. The van der Waals surface area contributed by atoms with Gasteiger partial charge >= 0.3 is 0 Å². The fourth-order valence-electron chi connectivity index (χ4n) is 0.968. The molecule has 1 aromatic rings. The molecule has 0 amide bonds. The first kappa shape index (κ1) is 12.6. The summed E-state index contributed by atoms with van der Waals surface area (Å²) < 4.78 is -0.300. The summed E-state index contributed by atoms with van der Waals surface area (Å²) in [6.07, 6.45) is 0. The highest BCUT2D eigenvalue weighted by Crippen LogP contribution is 2.16. The zero-order valence-electron chi connectivity index (χ0n) is 7.09. The van der Waals surface area contributed by atoms with Gasteiger partial charge in [-0.1, -0.05) is 0 Å². The van der Waals surface area contributed by atoms with E-state index in [1.54, 1.807) is 22.6 Å². The van der Waals surface area contributed by atoms with E-state index in [0.717, 1.165) is 0 Å². The van der Waals surface area contributed by atoms with E-state index in [0.29, 0.717) is 0 Å². The topological polar surface area (TPSA) is 51.2 Å². The van der Waals surface area contributed by atoms with E-state index in [2.05, 4.69) is 0 Å². The number of hydrogen-bond acceptors (Lipinski definition) is 3. The van der Waals surface area contributed by atoms with E-state index in [4.69, 9.17) is 23.2 Å². The van der Waals surface area contributed by atoms with Crippen molar-refractivity contribution in [2.45, 2.75) is 0 Å². The predicted molar refractivity (Wildman–Crippen MR) is 65.2 cm³/mol. The lowest BCUT2D eigenvalue weighted by atomic mass is 10.1. The lowest BCUT2D eigenvalue weighted by Gasteiger charge is -2.01. The molecule has 0 aliphatic rings. The fraction of sp³-hybridized carbons (Fsp3) is 0. The Balaban J connectivity index is 3.39. The largest absolute Gasteiger partial charge is 0.282 e. The van der Waals surface area contributed by atoms with Crippen LogP contribution >= 0.6 is 45.8 Å². The maximum atomic E-state index is 11.1. The normalized spacial score (nSPS) is 9.80. The summed E-state index contributed by atoms with van der Waals surface area (Å²) >= 11 is 12.0. The molecule has 0 saturated heterocycles. The minimum absolute atomic E-state index is 0.0724. The molecule has 0 spiro atoms. The van der Waals surface area contributed by atoms with E-state index in [-0.39, 0.29) is 20.5 Å². The van der Waals surface area contributed by atoms with Gasteiger partial charge in [-0.05, 0) is 41.4 Å². The first-order valence-corrected chi connectivity index (χ1v) is 5.50. The van der Waals surface area contributed by atoms with Crippen LogP contribution in [0.15, 0.2) is 18.2 Å². The molecule has 0 aromatic heterocycles. The summed E-state index contributed by atoms with van der Waals surface area (Å²) in [6, 6.07) is 3.87. The zero-order chi connectivity index (χ0) is 11.6. The van der Waals surface area contributed by atoms with Crippen molar-refractivity contribution in [1.82, 2.24) is 0 Å². The van der Waals surface area contributed by atoms with E-state index in [1.165, 1.54) is 18.2 Å². The number of halogens is 3. The number of rotatable bonds is 3. The van der Waals surface area contributed by atoms with Gasteiger partial charge < -0.3 is 0 Å². The Hall–Kier alpha value is -0.460. The second-order valence-corrected chi connectivity index (χ2v) is 4.29. The molecule has 0 bridgehead atoms. The molecule has 0 aliphatic carbocycles. The van der Waals surface area contributed by atoms with Gasteiger partial charge in [-0.15, -0.1) is 0 Å². The Morgan fingerprint density at radius 2 is 1.20 bits per heavy atom. The molecule has 78 valence electrons. The van der Waals surface area contributed by atoms with Crippen LogP contribution in [-0.4, -0.2) is 14.3 Å². The molecule has 0 fully saturated rings. The van der Waals surface area contributed by atoms with Gasteiger partial charge in [0, 0.05) is 39.3 Å². The lowest BCUT2D eigenvalue weighted by molar-refractivity contribution is 0.108. The highest BCUT2D eigenvalue weighted by molar-refractivity contribution is 14.1. The fourth-order valence-corrected chi connectivity index (χ4v) is 1.50. The average molecular weight is 357 g/mol. The summed E-state index contributed by atoms with van der Waals surface area (Å²) in [5, 5.41) is -1.48. The molecule has 0 radical (unpaired) electrons. The standard InChI is InChI=1S/C9H3Cl2IO3/c10-7(13)4-1-5(8(11)14)3-6(2-4)9(12)15/h1-3H. The van der Waals surface area contributed by atoms with Crippen molar-refractivity contribution in [1.29, 1.82) is 0 Å². The smallest absolute Gasteiger partial charge is 0.252 e. The maximum absolute atomic E-state index is 11.1. The minimum Gasteiger partial charge on any atom is -0.282 e. The Kier molecular flexibility index (Phi) is 4.24. The van der Waals surface area contributed by atoms with Crippen molar-refractivity contribution in [3.05, 3.63) is 34.9 Å². The van der Waals surface area contributed by atoms with E-state index < -0.39 is 10.5 Å². The molecule has 0 N–H and O–H groups in total. The number of benzene rings is 1. The summed E-state index contributed by atoms with van der Waals surface area (Å²) in [5.41, 5.74) is 0.359. The van der Waals surface area contributed by atoms with Crippen LogP contribution in [0.4, 0.5) is 0 Å². The highest BCUT2D eigenvalue weighted by Gasteiger charge is 2.12. The number of hydrogen-bond donors (Lipinski definition) is 0. The molecule has 1 rings (SSSR count). The van der Waals surface area contributed by atoms with Crippen LogP contribution in [0.1, 0.15) is 31.1 Å². The predicted octanol–water partition coefficient (Wildman–Crippen LogP) is 3.02. The van der Waals surface area contributed by atoms with Crippen molar-refractivity contribution >= 4 is 60.1 Å². The van der Waals surface area contributed by atoms with Gasteiger partial charge in [0.1, 0.15) is 0 Å². The Labute approximate surface area is 109 Å². The van der Waals surface area contributed by atoms with E-state index in [9.17, 15) is 14.4 Å². The van der Waals surface area contributed by atoms with Crippen LogP contribution in [0.5, 0.6) is 0 Å². The van der Waals surface area contributed by atoms with Gasteiger partial charge in [0.15, 0.2) is 0 Å². The van der Waals surface area contributed by atoms with Crippen LogP contribution in [0.25, 0.3) is 0 Å². The molecule has 15 heavy (non-hydrogen) atoms. The summed E-state index contributed by atoms with van der Waals surface area (Å²) in [4.78, 5) is 32.9. The van der Waals surface area contributed by atoms with E-state index >= 15 is 0 Å². The van der Waals surface area contributed by atoms with Crippen molar-refractivity contribution in [3.8, 4) is 0 Å². The molecule has 0 aliphatic heterocycles. The van der Waals surface area contributed by atoms with Gasteiger partial charge in [-0.2, -0.15) is 0 Å². The highest BCUT2D eigenvalue weighted by atomic mass is 127. The third kappa shape index (κ3) is 3.25. The number of carbonyl (C=O) groups is 3. The van der Waals surface area contributed by atoms with Gasteiger partial charge in [-0.25, -0.2) is 0 Å². The van der Waals surface area contributed by atoms with Crippen LogP contribution in [0, 0.1) is 0 Å². The first-order valence-electron chi connectivity index (χ1n) is 3.66. The Morgan fingerprint density at radius 3 is 1.47 bits per heavy atom. The SMILES string of the molecule is O=C(Cl)c1cc(C(=O)Cl)cc(C(=O)I)c1. The second kappa shape index (κ2) is 5.05. The maximum Gasteiger partial charge on any atom is 0.252 e. The van der Waals surface area contributed by atoms with Gasteiger partial charge in [-0.3, -0.25) is 14.4 Å². The zero-order valence-corrected chi connectivity index (χ0v) is 10.8. The average Bonchev–Trinajstić information content (AvgIpc) is 2.16. The minimum atomic E-state index is -0.742. The van der Waals surface area contributed by atoms with Gasteiger partial charge in [0.2, 0.25) is 3.79 Å². The third-order valence-electron chi connectivity index (χ3n) is 1.61. The monoisotopic (exact) mass is 356 g/mol. The van der Waals surface area contributed by atoms with Crippen LogP contribution in [0.2, 0.25) is 0 Å².